The Morgan fingerprint density at radius 2 is 1.72 bits per heavy atom. The summed E-state index contributed by atoms with van der Waals surface area (Å²) < 4.78 is 46.6. The zero-order chi connectivity index (χ0) is 23.3. The number of nitrogens with one attached hydrogen (secondary N) is 1. The van der Waals surface area contributed by atoms with E-state index < -0.39 is 28.3 Å². The maximum Gasteiger partial charge on any atom is 0.264 e. The fraction of sp³-hybridized carbons (Fsp3) is 0.174. The van der Waals surface area contributed by atoms with Gasteiger partial charge < -0.3 is 10.1 Å². The van der Waals surface area contributed by atoms with Gasteiger partial charge in [-0.25, -0.2) is 12.8 Å². The monoisotopic (exact) mass is 476 g/mol. The fourth-order valence-corrected chi connectivity index (χ4v) is 4.53. The van der Waals surface area contributed by atoms with Crippen LogP contribution in [0.25, 0.3) is 0 Å². The Labute approximate surface area is 191 Å². The first-order chi connectivity index (χ1) is 15.2. The summed E-state index contributed by atoms with van der Waals surface area (Å²) in [6.45, 7) is 3.66. The van der Waals surface area contributed by atoms with Crippen LogP contribution in [0.2, 0.25) is 5.02 Å². The van der Waals surface area contributed by atoms with Crippen LogP contribution in [0.15, 0.2) is 71.6 Å². The molecule has 3 aromatic carbocycles. The number of benzene rings is 3. The van der Waals surface area contributed by atoms with Crippen molar-refractivity contribution >= 4 is 38.9 Å². The Morgan fingerprint density at radius 3 is 2.31 bits per heavy atom. The lowest BCUT2D eigenvalue weighted by molar-refractivity contribution is -0.114. The minimum absolute atomic E-state index is 0.0506. The number of nitrogens with zero attached hydrogens (tertiary/aromatic N) is 1. The Kier molecular flexibility index (Phi) is 7.37. The maximum atomic E-state index is 13.4. The van der Waals surface area contributed by atoms with Crippen molar-refractivity contribution in [2.45, 2.75) is 18.7 Å². The second kappa shape index (κ2) is 10.0. The molecule has 9 heteroatoms. The molecule has 0 atom stereocenters. The molecule has 0 saturated carbocycles. The molecular weight excluding hydrogens is 455 g/mol. The molecule has 1 N–H and O–H groups in total. The Bertz CT molecular complexity index is 1200. The molecule has 1 amide bonds. The summed E-state index contributed by atoms with van der Waals surface area (Å²) in [5, 5.41) is 2.40. The van der Waals surface area contributed by atoms with Gasteiger partial charge in [0.2, 0.25) is 5.91 Å². The van der Waals surface area contributed by atoms with Gasteiger partial charge in [0.15, 0.2) is 0 Å². The van der Waals surface area contributed by atoms with Crippen LogP contribution in [0.4, 0.5) is 15.8 Å². The number of sulfonamides is 1. The number of anilines is 2. The number of ether oxygens (including phenoxy) is 1. The second-order valence-corrected chi connectivity index (χ2v) is 9.20. The lowest BCUT2D eigenvalue weighted by atomic mass is 10.2. The summed E-state index contributed by atoms with van der Waals surface area (Å²) in [5.41, 5.74) is 1.45. The molecule has 0 fully saturated rings. The van der Waals surface area contributed by atoms with Crippen LogP contribution >= 0.6 is 11.6 Å². The van der Waals surface area contributed by atoms with Crippen molar-refractivity contribution < 1.29 is 22.3 Å². The zero-order valence-electron chi connectivity index (χ0n) is 17.5. The molecule has 0 aliphatic carbocycles. The SMILES string of the molecule is CCOc1ccc(N(CC(=O)Nc2ccc(F)c(Cl)c2)S(=O)(=O)c2ccc(C)cc2)cc1. The summed E-state index contributed by atoms with van der Waals surface area (Å²) in [5.74, 6) is -0.658. The summed E-state index contributed by atoms with van der Waals surface area (Å²) in [4.78, 5) is 12.8. The topological polar surface area (TPSA) is 75.7 Å². The van der Waals surface area contributed by atoms with E-state index in [9.17, 15) is 17.6 Å². The highest BCUT2D eigenvalue weighted by Gasteiger charge is 2.27. The average molecular weight is 477 g/mol. The Morgan fingerprint density at radius 1 is 1.06 bits per heavy atom. The molecule has 3 aromatic rings. The van der Waals surface area contributed by atoms with E-state index in [-0.39, 0.29) is 15.6 Å². The molecule has 0 bridgehead atoms. The molecule has 0 aromatic heterocycles. The number of hydrogen-bond donors (Lipinski definition) is 1. The van der Waals surface area contributed by atoms with E-state index in [1.807, 2.05) is 13.8 Å². The quantitative estimate of drug-likeness (QED) is 0.495. The summed E-state index contributed by atoms with van der Waals surface area (Å²) in [7, 11) is -4.05. The molecule has 0 heterocycles. The van der Waals surface area contributed by atoms with Crippen LogP contribution in [0.3, 0.4) is 0 Å². The van der Waals surface area contributed by atoms with Gasteiger partial charge in [0, 0.05) is 5.69 Å². The highest BCUT2D eigenvalue weighted by atomic mass is 35.5. The van der Waals surface area contributed by atoms with E-state index in [1.165, 1.54) is 24.3 Å². The molecule has 0 saturated heterocycles. The standard InChI is InChI=1S/C23H22ClFN2O4S/c1-3-31-19-9-7-18(8-10-19)27(32(29,30)20-11-4-16(2)5-12-20)15-23(28)26-17-6-13-22(25)21(24)14-17/h4-14H,3,15H2,1-2H3,(H,26,28). The van der Waals surface area contributed by atoms with Crippen molar-refractivity contribution in [1.82, 2.24) is 0 Å². The van der Waals surface area contributed by atoms with Crippen molar-refractivity contribution in [1.29, 1.82) is 0 Å². The van der Waals surface area contributed by atoms with Crippen LogP contribution in [0, 0.1) is 12.7 Å². The van der Waals surface area contributed by atoms with E-state index in [4.69, 9.17) is 16.3 Å². The number of carbonyl (C=O) groups is 1. The van der Waals surface area contributed by atoms with Crippen LogP contribution in [-0.2, 0) is 14.8 Å². The van der Waals surface area contributed by atoms with Crippen LogP contribution in [0.5, 0.6) is 5.75 Å². The molecule has 32 heavy (non-hydrogen) atoms. The summed E-state index contributed by atoms with van der Waals surface area (Å²) in [6.07, 6.45) is 0. The van der Waals surface area contributed by atoms with E-state index in [2.05, 4.69) is 5.32 Å². The fourth-order valence-electron chi connectivity index (χ4n) is 2.93. The molecule has 0 aliphatic heterocycles. The summed E-state index contributed by atoms with van der Waals surface area (Å²) in [6, 6.07) is 16.5. The number of rotatable bonds is 8. The van der Waals surface area contributed by atoms with Gasteiger partial charge in [-0.3, -0.25) is 9.10 Å². The first-order valence-electron chi connectivity index (χ1n) is 9.78. The van der Waals surface area contributed by atoms with Gasteiger partial charge in [-0.1, -0.05) is 29.3 Å². The maximum absolute atomic E-state index is 13.4. The van der Waals surface area contributed by atoms with Crippen molar-refractivity contribution in [3.63, 3.8) is 0 Å². The normalized spacial score (nSPS) is 11.1. The van der Waals surface area contributed by atoms with E-state index >= 15 is 0 Å². The highest BCUT2D eigenvalue weighted by molar-refractivity contribution is 7.92. The first-order valence-corrected chi connectivity index (χ1v) is 11.6. The third-order valence-corrected chi connectivity index (χ3v) is 6.61. The first kappa shape index (κ1) is 23.6. The number of carbonyl (C=O) groups excluding carboxylic acids is 1. The predicted octanol–water partition coefficient (Wildman–Crippen LogP) is 5.02. The molecule has 0 spiro atoms. The van der Waals surface area contributed by atoms with Gasteiger partial charge in [0.05, 0.1) is 22.2 Å². The van der Waals surface area contributed by atoms with Crippen molar-refractivity contribution in [2.75, 3.05) is 22.8 Å². The minimum Gasteiger partial charge on any atom is -0.494 e. The van der Waals surface area contributed by atoms with Gasteiger partial charge in [-0.05, 0) is 68.4 Å². The van der Waals surface area contributed by atoms with Gasteiger partial charge in [-0.15, -0.1) is 0 Å². The van der Waals surface area contributed by atoms with E-state index in [1.54, 1.807) is 36.4 Å². The van der Waals surface area contributed by atoms with Gasteiger partial charge in [0.25, 0.3) is 10.0 Å². The number of hydrogen-bond acceptors (Lipinski definition) is 4. The van der Waals surface area contributed by atoms with Crippen molar-refractivity contribution in [3.05, 3.63) is 83.1 Å². The molecule has 3 rings (SSSR count). The number of aryl methyl sites for hydroxylation is 1. The second-order valence-electron chi connectivity index (χ2n) is 6.93. The van der Waals surface area contributed by atoms with Gasteiger partial charge in [-0.2, -0.15) is 0 Å². The van der Waals surface area contributed by atoms with E-state index in [0.717, 1.165) is 15.9 Å². The van der Waals surface area contributed by atoms with Crippen LogP contribution in [0.1, 0.15) is 12.5 Å². The van der Waals surface area contributed by atoms with Crippen LogP contribution in [-0.4, -0.2) is 27.5 Å². The van der Waals surface area contributed by atoms with Gasteiger partial charge >= 0.3 is 0 Å². The Balaban J connectivity index is 1.93. The zero-order valence-corrected chi connectivity index (χ0v) is 19.1. The van der Waals surface area contributed by atoms with Crippen molar-refractivity contribution in [2.24, 2.45) is 0 Å². The average Bonchev–Trinajstić information content (AvgIpc) is 2.76. The number of amides is 1. The molecule has 168 valence electrons. The molecular formula is C23H22ClFN2O4S. The third-order valence-electron chi connectivity index (χ3n) is 4.54. The lowest BCUT2D eigenvalue weighted by Crippen LogP contribution is -2.38. The smallest absolute Gasteiger partial charge is 0.264 e. The number of halogens is 2. The highest BCUT2D eigenvalue weighted by Crippen LogP contribution is 2.26. The van der Waals surface area contributed by atoms with Crippen molar-refractivity contribution in [3.8, 4) is 5.75 Å². The minimum atomic E-state index is -4.05. The van der Waals surface area contributed by atoms with Crippen LogP contribution < -0.4 is 14.4 Å². The third kappa shape index (κ3) is 5.57. The molecule has 0 unspecified atom stereocenters. The molecule has 0 radical (unpaired) electrons. The Hall–Kier alpha value is -3.10. The van der Waals surface area contributed by atoms with Gasteiger partial charge in [0.1, 0.15) is 18.1 Å². The lowest BCUT2D eigenvalue weighted by Gasteiger charge is -2.24. The predicted molar refractivity (Wildman–Crippen MR) is 123 cm³/mol. The molecule has 6 nitrogen and oxygen atoms in total. The summed E-state index contributed by atoms with van der Waals surface area (Å²) >= 11 is 5.76. The van der Waals surface area contributed by atoms with E-state index in [0.29, 0.717) is 18.0 Å². The largest absolute Gasteiger partial charge is 0.494 e. The molecule has 0 aliphatic rings.